The number of hydrogen-bond acceptors (Lipinski definition) is 4. The second-order valence-electron chi connectivity index (χ2n) is 8.99. The largest absolute Gasteiger partial charge is 0.288 e. The predicted octanol–water partition coefficient (Wildman–Crippen LogP) is 5.60. The quantitative estimate of drug-likeness (QED) is 0.309. The van der Waals surface area contributed by atoms with Gasteiger partial charge in [0.1, 0.15) is 0 Å². The van der Waals surface area contributed by atoms with Crippen molar-refractivity contribution in [2.75, 3.05) is 0 Å². The van der Waals surface area contributed by atoms with E-state index in [1.54, 1.807) is 6.07 Å². The fraction of sp³-hybridized carbons (Fsp3) is 0.0667. The van der Waals surface area contributed by atoms with Gasteiger partial charge in [-0.25, -0.2) is 9.98 Å². The topological polar surface area (TPSA) is 58.9 Å². The molecule has 0 fully saturated rings. The van der Waals surface area contributed by atoms with E-state index in [9.17, 15) is 9.59 Å². The van der Waals surface area contributed by atoms with Gasteiger partial charge in [-0.2, -0.15) is 0 Å². The summed E-state index contributed by atoms with van der Waals surface area (Å²) in [5.41, 5.74) is 5.30. The number of ketones is 2. The molecule has 0 spiro atoms. The Bertz CT molecular complexity index is 1920. The van der Waals surface area contributed by atoms with E-state index >= 15 is 0 Å². The van der Waals surface area contributed by atoms with E-state index in [0.717, 1.165) is 27.1 Å². The molecular formula is C30H18N2O2. The first-order valence-corrected chi connectivity index (χ1v) is 11.3. The summed E-state index contributed by atoms with van der Waals surface area (Å²) in [7, 11) is 0. The van der Waals surface area contributed by atoms with Crippen molar-refractivity contribution in [3.8, 4) is 0 Å². The molecule has 0 saturated carbocycles. The van der Waals surface area contributed by atoms with Crippen molar-refractivity contribution in [1.29, 1.82) is 0 Å². The van der Waals surface area contributed by atoms with Gasteiger partial charge in [0, 0.05) is 21.9 Å². The minimum Gasteiger partial charge on any atom is -0.288 e. The summed E-state index contributed by atoms with van der Waals surface area (Å²) in [6.45, 7) is 3.90. The van der Waals surface area contributed by atoms with Gasteiger partial charge in [0.25, 0.3) is 0 Å². The van der Waals surface area contributed by atoms with Crippen LogP contribution in [0.2, 0.25) is 0 Å². The zero-order valence-corrected chi connectivity index (χ0v) is 18.6. The van der Waals surface area contributed by atoms with Crippen LogP contribution in [0.15, 0.2) is 82.8 Å². The van der Waals surface area contributed by atoms with Crippen LogP contribution in [0.1, 0.15) is 43.0 Å². The van der Waals surface area contributed by atoms with Crippen molar-refractivity contribution >= 4 is 44.5 Å². The molecule has 0 aromatic heterocycles. The summed E-state index contributed by atoms with van der Waals surface area (Å²) in [5.74, 6) is -0.156. The van der Waals surface area contributed by atoms with Crippen LogP contribution >= 0.6 is 0 Å². The van der Waals surface area contributed by atoms with E-state index in [1.807, 2.05) is 80.6 Å². The van der Waals surface area contributed by atoms with Crippen molar-refractivity contribution in [2.24, 2.45) is 9.98 Å². The third-order valence-electron chi connectivity index (χ3n) is 7.07. The average Bonchev–Trinajstić information content (AvgIpc) is 2.84. The van der Waals surface area contributed by atoms with Gasteiger partial charge in [-0.3, -0.25) is 9.59 Å². The van der Waals surface area contributed by atoms with Crippen molar-refractivity contribution < 1.29 is 9.59 Å². The molecule has 7 rings (SSSR count). The average molecular weight is 438 g/mol. The lowest BCUT2D eigenvalue weighted by atomic mass is 9.87. The number of fused-ring (bicyclic) bond motifs is 8. The highest BCUT2D eigenvalue weighted by Crippen LogP contribution is 2.37. The predicted molar refractivity (Wildman–Crippen MR) is 132 cm³/mol. The normalized spacial score (nSPS) is 13.6. The molecule has 0 amide bonds. The van der Waals surface area contributed by atoms with Gasteiger partial charge in [-0.1, -0.05) is 54.6 Å². The fourth-order valence-corrected chi connectivity index (χ4v) is 5.39. The Balaban J connectivity index is 1.60. The van der Waals surface area contributed by atoms with Gasteiger partial charge in [0.2, 0.25) is 0 Å². The molecular weight excluding hydrogens is 420 g/mol. The molecule has 2 aliphatic heterocycles. The lowest BCUT2D eigenvalue weighted by molar-refractivity contribution is 0.102. The minimum atomic E-state index is -0.0841. The van der Waals surface area contributed by atoms with Gasteiger partial charge in [0.15, 0.2) is 11.6 Å². The highest BCUT2D eigenvalue weighted by atomic mass is 16.1. The van der Waals surface area contributed by atoms with Crippen LogP contribution in [0, 0.1) is 13.8 Å². The number of carbonyl (C=O) groups excluding carboxylic acids is 2. The Morgan fingerprint density at radius 1 is 0.647 bits per heavy atom. The standard InChI is InChI=1S/C30H18N2O2/c1-15-6-5-8-18-11-13-21-28(24(15)18)31-23-14-22-26(16(2)25(23)30(21)34)32-27-19-9-4-3-7-17(19)10-12-20(27)29(22)33/h3-14H,1-2H3. The first kappa shape index (κ1) is 19.1. The number of nitrogens with zero attached hydrogens (tertiary/aromatic N) is 2. The van der Waals surface area contributed by atoms with Gasteiger partial charge < -0.3 is 0 Å². The van der Waals surface area contributed by atoms with Crippen LogP contribution in [0.4, 0.5) is 11.4 Å². The zero-order valence-electron chi connectivity index (χ0n) is 18.6. The molecule has 0 N–H and O–H groups in total. The van der Waals surface area contributed by atoms with Gasteiger partial charge in [-0.05, 0) is 53.9 Å². The van der Waals surface area contributed by atoms with E-state index in [4.69, 9.17) is 9.98 Å². The number of aryl methyl sites for hydroxylation is 1. The van der Waals surface area contributed by atoms with E-state index in [1.165, 1.54) is 0 Å². The summed E-state index contributed by atoms with van der Waals surface area (Å²) < 4.78 is 0. The van der Waals surface area contributed by atoms with Crippen molar-refractivity contribution in [2.45, 2.75) is 13.8 Å². The number of rotatable bonds is 0. The SMILES string of the molecule is Cc1c2c(cc3c1=Nc1c(ccc4ccccc14)C3=O)=Nc1c(ccc3cccc(C)c13)C2=O. The molecule has 0 saturated heterocycles. The maximum Gasteiger partial charge on any atom is 0.197 e. The third kappa shape index (κ3) is 2.37. The summed E-state index contributed by atoms with van der Waals surface area (Å²) in [4.78, 5) is 37.2. The van der Waals surface area contributed by atoms with Crippen molar-refractivity contribution in [1.82, 2.24) is 0 Å². The van der Waals surface area contributed by atoms with Crippen LogP contribution in [-0.2, 0) is 0 Å². The summed E-state index contributed by atoms with van der Waals surface area (Å²) >= 11 is 0. The minimum absolute atomic E-state index is 0.0724. The number of carbonyl (C=O) groups is 2. The molecule has 2 aliphatic rings. The Kier molecular flexibility index (Phi) is 3.67. The molecule has 0 bridgehead atoms. The second kappa shape index (κ2) is 6.55. The molecule has 0 radical (unpaired) electrons. The first-order chi connectivity index (χ1) is 16.5. The van der Waals surface area contributed by atoms with Crippen LogP contribution in [0.3, 0.4) is 0 Å². The van der Waals surface area contributed by atoms with Gasteiger partial charge >= 0.3 is 0 Å². The summed E-state index contributed by atoms with van der Waals surface area (Å²) in [6.07, 6.45) is 0. The van der Waals surface area contributed by atoms with Crippen molar-refractivity contribution in [3.05, 3.63) is 117 Å². The summed E-state index contributed by atoms with van der Waals surface area (Å²) in [6, 6.07) is 23.3. The lowest BCUT2D eigenvalue weighted by Crippen LogP contribution is -2.33. The van der Waals surface area contributed by atoms with Crippen LogP contribution in [0.25, 0.3) is 21.5 Å². The summed E-state index contributed by atoms with van der Waals surface area (Å²) in [5, 5.41) is 5.08. The van der Waals surface area contributed by atoms with E-state index in [-0.39, 0.29) is 11.6 Å². The molecule has 0 atom stereocenters. The Morgan fingerprint density at radius 3 is 2.24 bits per heavy atom. The molecule has 4 nitrogen and oxygen atoms in total. The van der Waals surface area contributed by atoms with E-state index < -0.39 is 0 Å². The molecule has 5 aromatic carbocycles. The smallest absolute Gasteiger partial charge is 0.197 e. The highest BCUT2D eigenvalue weighted by molar-refractivity contribution is 6.20. The lowest BCUT2D eigenvalue weighted by Gasteiger charge is -2.20. The van der Waals surface area contributed by atoms with Gasteiger partial charge in [0.05, 0.1) is 33.2 Å². The molecule has 160 valence electrons. The fourth-order valence-electron chi connectivity index (χ4n) is 5.39. The number of benzene rings is 5. The Labute approximate surface area is 194 Å². The molecule has 2 heterocycles. The Morgan fingerprint density at radius 2 is 1.38 bits per heavy atom. The molecule has 0 aliphatic carbocycles. The number of hydrogen-bond donors (Lipinski definition) is 0. The van der Waals surface area contributed by atoms with Crippen LogP contribution < -0.4 is 10.7 Å². The first-order valence-electron chi connectivity index (χ1n) is 11.3. The zero-order chi connectivity index (χ0) is 23.1. The molecule has 5 aromatic rings. The van der Waals surface area contributed by atoms with E-state index in [0.29, 0.717) is 49.9 Å². The third-order valence-corrected chi connectivity index (χ3v) is 7.07. The van der Waals surface area contributed by atoms with Crippen LogP contribution in [0.5, 0.6) is 0 Å². The monoisotopic (exact) mass is 438 g/mol. The maximum atomic E-state index is 13.7. The van der Waals surface area contributed by atoms with Gasteiger partial charge in [-0.15, -0.1) is 0 Å². The molecule has 34 heavy (non-hydrogen) atoms. The molecule has 4 heteroatoms. The maximum absolute atomic E-state index is 13.7. The molecule has 0 unspecified atom stereocenters. The Hall–Kier alpha value is -4.44. The second-order valence-corrected chi connectivity index (χ2v) is 8.99. The highest BCUT2D eigenvalue weighted by Gasteiger charge is 2.29. The van der Waals surface area contributed by atoms with E-state index in [2.05, 4.69) is 0 Å². The van der Waals surface area contributed by atoms with Crippen molar-refractivity contribution in [3.63, 3.8) is 0 Å². The van der Waals surface area contributed by atoms with Crippen LogP contribution in [-0.4, -0.2) is 11.6 Å².